The van der Waals surface area contributed by atoms with Gasteiger partial charge in [0.1, 0.15) is 6.04 Å². The number of para-hydroxylation sites is 1. The van der Waals surface area contributed by atoms with Gasteiger partial charge in [-0.05, 0) is 31.9 Å². The lowest BCUT2D eigenvalue weighted by Gasteiger charge is -2.36. The van der Waals surface area contributed by atoms with Crippen LogP contribution < -0.4 is 4.90 Å². The first-order valence-electron chi connectivity index (χ1n) is 10.5. The molecule has 8 heteroatoms. The predicted octanol–water partition coefficient (Wildman–Crippen LogP) is 1.71. The second-order valence-corrected chi connectivity index (χ2v) is 8.78. The molecule has 1 unspecified atom stereocenters. The maximum atomic E-state index is 13.0. The van der Waals surface area contributed by atoms with E-state index in [1.807, 2.05) is 11.0 Å². The molecule has 2 fully saturated rings. The Morgan fingerprint density at radius 3 is 2.69 bits per heavy atom. The minimum Gasteiger partial charge on any atom is -0.450 e. The number of nitrogens with one attached hydrogen (secondary N) is 1. The molecule has 156 valence electrons. The summed E-state index contributed by atoms with van der Waals surface area (Å²) in [5.41, 5.74) is 1.05. The SMILES string of the molecule is CCOC(=O)N1CCN(C(=O)C[NH+]2CCCC[C@@H]2c2nc3ccccc3s2)CC1. The topological polar surface area (TPSA) is 67.2 Å². The highest BCUT2D eigenvalue weighted by atomic mass is 32.1. The van der Waals surface area contributed by atoms with Gasteiger partial charge in [-0.15, -0.1) is 11.3 Å². The van der Waals surface area contributed by atoms with E-state index < -0.39 is 0 Å². The van der Waals surface area contributed by atoms with Crippen molar-refractivity contribution < 1.29 is 19.2 Å². The summed E-state index contributed by atoms with van der Waals surface area (Å²) in [5.74, 6) is 0.177. The molecule has 0 saturated carbocycles. The van der Waals surface area contributed by atoms with Crippen LogP contribution in [0.2, 0.25) is 0 Å². The van der Waals surface area contributed by atoms with Gasteiger partial charge >= 0.3 is 6.09 Å². The molecule has 2 amide bonds. The summed E-state index contributed by atoms with van der Waals surface area (Å²) in [6.07, 6.45) is 3.15. The standard InChI is InChI=1S/C21H28N4O3S/c1-2-28-21(27)24-13-11-23(12-14-24)19(26)15-25-10-6-5-8-17(25)20-22-16-7-3-4-9-18(16)29-20/h3-4,7,9,17H,2,5-6,8,10-15H2,1H3/p+1/t17-/m1/s1. The Kier molecular flexibility index (Phi) is 6.30. The van der Waals surface area contributed by atoms with Crippen LogP contribution in [0.25, 0.3) is 10.2 Å². The number of piperazine rings is 1. The number of likely N-dealkylation sites (tertiary alicyclic amines) is 1. The highest BCUT2D eigenvalue weighted by Gasteiger charge is 2.34. The molecule has 2 aromatic rings. The van der Waals surface area contributed by atoms with E-state index in [-0.39, 0.29) is 12.0 Å². The van der Waals surface area contributed by atoms with Crippen molar-refractivity contribution in [3.05, 3.63) is 29.3 Å². The number of piperidine rings is 1. The molecule has 2 atom stereocenters. The second-order valence-electron chi connectivity index (χ2n) is 7.72. The lowest BCUT2D eigenvalue weighted by molar-refractivity contribution is -0.929. The number of nitrogens with zero attached hydrogens (tertiary/aromatic N) is 3. The fraction of sp³-hybridized carbons (Fsp3) is 0.571. The normalized spacial score (nSPS) is 22.7. The number of ether oxygens (including phenoxy) is 1. The van der Waals surface area contributed by atoms with Crippen molar-refractivity contribution >= 4 is 33.6 Å². The highest BCUT2D eigenvalue weighted by molar-refractivity contribution is 7.18. The Labute approximate surface area is 175 Å². The largest absolute Gasteiger partial charge is 0.450 e. The van der Waals surface area contributed by atoms with Gasteiger partial charge in [-0.1, -0.05) is 12.1 Å². The fourth-order valence-electron chi connectivity index (χ4n) is 4.29. The lowest BCUT2D eigenvalue weighted by atomic mass is 10.0. The van der Waals surface area contributed by atoms with Gasteiger partial charge in [0.15, 0.2) is 11.6 Å². The van der Waals surface area contributed by atoms with Crippen molar-refractivity contribution in [2.45, 2.75) is 32.2 Å². The van der Waals surface area contributed by atoms with Crippen LogP contribution in [0.15, 0.2) is 24.3 Å². The van der Waals surface area contributed by atoms with Gasteiger partial charge in [0, 0.05) is 32.6 Å². The zero-order valence-electron chi connectivity index (χ0n) is 16.9. The van der Waals surface area contributed by atoms with Crippen LogP contribution in [0.5, 0.6) is 0 Å². The molecule has 2 saturated heterocycles. The smallest absolute Gasteiger partial charge is 0.409 e. The number of hydrogen-bond acceptors (Lipinski definition) is 5. The van der Waals surface area contributed by atoms with Gasteiger partial charge in [0.2, 0.25) is 0 Å². The van der Waals surface area contributed by atoms with Crippen LogP contribution in [0.3, 0.4) is 0 Å². The summed E-state index contributed by atoms with van der Waals surface area (Å²) in [7, 11) is 0. The fourth-order valence-corrected chi connectivity index (χ4v) is 5.45. The molecular weight excluding hydrogens is 388 g/mol. The highest BCUT2D eigenvalue weighted by Crippen LogP contribution is 2.28. The van der Waals surface area contributed by atoms with E-state index in [9.17, 15) is 9.59 Å². The average molecular weight is 418 g/mol. The van der Waals surface area contributed by atoms with E-state index in [2.05, 4.69) is 18.2 Å². The van der Waals surface area contributed by atoms with Crippen LogP contribution in [-0.2, 0) is 9.53 Å². The summed E-state index contributed by atoms with van der Waals surface area (Å²) in [5, 5.41) is 1.15. The number of quaternary nitrogens is 1. The van der Waals surface area contributed by atoms with Gasteiger partial charge < -0.3 is 19.4 Å². The van der Waals surface area contributed by atoms with Crippen molar-refractivity contribution in [3.8, 4) is 0 Å². The molecule has 0 aliphatic carbocycles. The van der Waals surface area contributed by atoms with Crippen molar-refractivity contribution in [3.63, 3.8) is 0 Å². The molecule has 1 N–H and O–H groups in total. The third-order valence-corrected chi connectivity index (χ3v) is 7.03. The molecule has 29 heavy (non-hydrogen) atoms. The van der Waals surface area contributed by atoms with Gasteiger partial charge in [0.25, 0.3) is 5.91 Å². The number of amides is 2. The van der Waals surface area contributed by atoms with E-state index in [0.717, 1.165) is 29.9 Å². The molecule has 4 rings (SSSR count). The van der Waals surface area contributed by atoms with Gasteiger partial charge in [-0.25, -0.2) is 9.78 Å². The predicted molar refractivity (Wildman–Crippen MR) is 112 cm³/mol. The Morgan fingerprint density at radius 1 is 1.17 bits per heavy atom. The van der Waals surface area contributed by atoms with Gasteiger partial charge in [-0.3, -0.25) is 4.79 Å². The number of carbonyl (C=O) groups excluding carboxylic acids is 2. The molecule has 1 aromatic carbocycles. The van der Waals surface area contributed by atoms with Crippen molar-refractivity contribution in [2.75, 3.05) is 45.9 Å². The molecular formula is C21H29N4O3S+. The molecule has 0 bridgehead atoms. The Bertz CT molecular complexity index is 829. The maximum absolute atomic E-state index is 13.0. The number of hydrogen-bond donors (Lipinski definition) is 1. The molecule has 3 heterocycles. The van der Waals surface area contributed by atoms with E-state index in [1.165, 1.54) is 16.0 Å². The first-order valence-corrected chi connectivity index (χ1v) is 11.4. The quantitative estimate of drug-likeness (QED) is 0.823. The Balaban J connectivity index is 1.38. The average Bonchev–Trinajstić information content (AvgIpc) is 3.18. The summed E-state index contributed by atoms with van der Waals surface area (Å²) in [6, 6.07) is 8.55. The zero-order valence-corrected chi connectivity index (χ0v) is 17.7. The molecule has 7 nitrogen and oxygen atoms in total. The Hall–Kier alpha value is -2.19. The second kappa shape index (κ2) is 9.09. The number of thiazole rings is 1. The first kappa shape index (κ1) is 20.1. The van der Waals surface area contributed by atoms with E-state index in [1.54, 1.807) is 23.2 Å². The zero-order chi connectivity index (χ0) is 20.2. The van der Waals surface area contributed by atoms with E-state index in [4.69, 9.17) is 9.72 Å². The van der Waals surface area contributed by atoms with E-state index in [0.29, 0.717) is 45.4 Å². The first-order chi connectivity index (χ1) is 14.2. The molecule has 0 radical (unpaired) electrons. The minimum absolute atomic E-state index is 0.177. The summed E-state index contributed by atoms with van der Waals surface area (Å²) >= 11 is 1.76. The van der Waals surface area contributed by atoms with Crippen LogP contribution >= 0.6 is 11.3 Å². The molecule has 2 aliphatic rings. The molecule has 2 aliphatic heterocycles. The van der Waals surface area contributed by atoms with Crippen LogP contribution in [0, 0.1) is 0 Å². The van der Waals surface area contributed by atoms with Crippen LogP contribution in [-0.4, -0.2) is 72.7 Å². The minimum atomic E-state index is -0.280. The molecule has 1 aromatic heterocycles. The van der Waals surface area contributed by atoms with Crippen LogP contribution in [0.4, 0.5) is 4.79 Å². The van der Waals surface area contributed by atoms with Crippen molar-refractivity contribution in [1.82, 2.24) is 14.8 Å². The number of aromatic nitrogens is 1. The monoisotopic (exact) mass is 417 g/mol. The number of carbonyl (C=O) groups is 2. The number of benzene rings is 1. The Morgan fingerprint density at radius 2 is 1.93 bits per heavy atom. The summed E-state index contributed by atoms with van der Waals surface area (Å²) in [4.78, 5) is 34.6. The third kappa shape index (κ3) is 4.53. The van der Waals surface area contributed by atoms with Crippen molar-refractivity contribution in [1.29, 1.82) is 0 Å². The lowest BCUT2D eigenvalue weighted by Crippen LogP contribution is -3.14. The van der Waals surface area contributed by atoms with Gasteiger partial charge in [-0.2, -0.15) is 0 Å². The van der Waals surface area contributed by atoms with Crippen molar-refractivity contribution in [2.24, 2.45) is 0 Å². The van der Waals surface area contributed by atoms with Crippen LogP contribution in [0.1, 0.15) is 37.2 Å². The summed E-state index contributed by atoms with van der Waals surface area (Å²) < 4.78 is 6.28. The number of fused-ring (bicyclic) bond motifs is 1. The molecule has 0 spiro atoms. The van der Waals surface area contributed by atoms with E-state index >= 15 is 0 Å². The van der Waals surface area contributed by atoms with Gasteiger partial charge in [0.05, 0.1) is 23.4 Å². The maximum Gasteiger partial charge on any atom is 0.409 e. The summed E-state index contributed by atoms with van der Waals surface area (Å²) in [6.45, 7) is 5.94. The number of rotatable bonds is 4. The third-order valence-electron chi connectivity index (χ3n) is 5.88.